The first kappa shape index (κ1) is 23.6. The van der Waals surface area contributed by atoms with Crippen molar-refractivity contribution in [1.29, 1.82) is 0 Å². The first-order valence-electron chi connectivity index (χ1n) is 13.9. The maximum Gasteiger partial charge on any atom is 0.159 e. The highest BCUT2D eigenvalue weighted by molar-refractivity contribution is 5.82. The van der Waals surface area contributed by atoms with Crippen molar-refractivity contribution in [1.82, 2.24) is 15.0 Å². The van der Waals surface area contributed by atoms with E-state index in [-0.39, 0.29) is 35.3 Å². The Bertz CT molecular complexity index is 1130. The monoisotopic (exact) mass is 481 g/mol. The lowest BCUT2D eigenvalue weighted by molar-refractivity contribution is -0.134. The average molecular weight is 482 g/mol. The quantitative estimate of drug-likeness (QED) is 0.602. The Balaban J connectivity index is 1.21. The summed E-state index contributed by atoms with van der Waals surface area (Å²) in [5.74, 6) is 2.98. The van der Waals surface area contributed by atoms with Crippen LogP contribution in [0.1, 0.15) is 78.6 Å². The maximum atomic E-state index is 14.1. The zero-order valence-corrected chi connectivity index (χ0v) is 21.4. The van der Waals surface area contributed by atoms with Crippen LogP contribution >= 0.6 is 0 Å². The fraction of sp³-hybridized carbons (Fsp3) is 0.759. The SMILES string of the molecule is C[C@@H]1C[C@@H]2CC[C@@H]3[C@H](CC[C@]4(C)[C@@H](C(=O)Cn5nc6cccc(F)c6n5)CC[C@@H]34)[C@@]2(C)CC[C@@H]1O. The first-order chi connectivity index (χ1) is 16.7. The number of ketones is 1. The zero-order valence-electron chi connectivity index (χ0n) is 21.4. The molecule has 1 heterocycles. The van der Waals surface area contributed by atoms with Crippen LogP contribution in [0.15, 0.2) is 18.2 Å². The van der Waals surface area contributed by atoms with Gasteiger partial charge in [0, 0.05) is 5.92 Å². The molecule has 9 atom stereocenters. The summed E-state index contributed by atoms with van der Waals surface area (Å²) in [5, 5.41) is 19.3. The summed E-state index contributed by atoms with van der Waals surface area (Å²) in [6.07, 6.45) is 10.0. The molecule has 190 valence electrons. The van der Waals surface area contributed by atoms with Gasteiger partial charge in [0.25, 0.3) is 0 Å². The molecule has 4 aliphatic carbocycles. The molecule has 4 saturated carbocycles. The van der Waals surface area contributed by atoms with Crippen LogP contribution in [0.3, 0.4) is 0 Å². The van der Waals surface area contributed by atoms with Crippen molar-refractivity contribution in [3.63, 3.8) is 0 Å². The highest BCUT2D eigenvalue weighted by atomic mass is 19.1. The number of rotatable bonds is 3. The van der Waals surface area contributed by atoms with Crippen molar-refractivity contribution in [2.75, 3.05) is 0 Å². The fourth-order valence-corrected chi connectivity index (χ4v) is 9.46. The van der Waals surface area contributed by atoms with Crippen molar-refractivity contribution in [3.8, 4) is 0 Å². The lowest BCUT2D eigenvalue weighted by Crippen LogP contribution is -2.52. The molecule has 1 aromatic heterocycles. The highest BCUT2D eigenvalue weighted by Crippen LogP contribution is 2.67. The third-order valence-electron chi connectivity index (χ3n) is 11.4. The molecule has 35 heavy (non-hydrogen) atoms. The maximum absolute atomic E-state index is 14.1. The second-order valence-corrected chi connectivity index (χ2v) is 13.0. The number of carbonyl (C=O) groups excluding carboxylic acids is 1. The fourth-order valence-electron chi connectivity index (χ4n) is 9.46. The number of aliphatic hydroxyl groups is 1. The predicted octanol–water partition coefficient (Wildman–Crippen LogP) is 5.80. The standard InChI is InChI=1S/C29H40FN3O2/c1-17-15-18-7-8-19-20-9-10-22(26(35)16-33-31-24-6-4-5-23(30)27(24)32-33)29(20,3)13-11-21(19)28(18,2)14-12-25(17)34/h4-6,17-22,25,34H,7-16H2,1-3H3/t17-,18+,19+,20+,21+,22-,25+,28+,29+/m1/s1. The number of carbonyl (C=O) groups is 1. The second kappa shape index (κ2) is 8.36. The molecule has 0 amide bonds. The molecular formula is C29H40FN3O2. The van der Waals surface area contributed by atoms with E-state index in [0.717, 1.165) is 44.4 Å². The Morgan fingerprint density at radius 3 is 2.63 bits per heavy atom. The number of Topliss-reactive ketones (excluding diaryl/α,β-unsaturated/α-hetero) is 1. The average Bonchev–Trinajstić information content (AvgIpc) is 3.37. The van der Waals surface area contributed by atoms with Crippen LogP contribution in [-0.2, 0) is 11.3 Å². The van der Waals surface area contributed by atoms with Crippen molar-refractivity contribution >= 4 is 16.8 Å². The van der Waals surface area contributed by atoms with Crippen LogP contribution in [0.5, 0.6) is 0 Å². The van der Waals surface area contributed by atoms with Crippen molar-refractivity contribution < 1.29 is 14.3 Å². The summed E-state index contributed by atoms with van der Waals surface area (Å²) in [4.78, 5) is 15.0. The number of hydrogen-bond donors (Lipinski definition) is 1. The van der Waals surface area contributed by atoms with E-state index in [4.69, 9.17) is 0 Å². The first-order valence-corrected chi connectivity index (χ1v) is 13.9. The lowest BCUT2D eigenvalue weighted by Gasteiger charge is -2.59. The van der Waals surface area contributed by atoms with E-state index in [2.05, 4.69) is 31.0 Å². The van der Waals surface area contributed by atoms with E-state index in [1.54, 1.807) is 12.1 Å². The van der Waals surface area contributed by atoms with E-state index in [9.17, 15) is 14.3 Å². The summed E-state index contributed by atoms with van der Waals surface area (Å²) in [5.41, 5.74) is 1.10. The highest BCUT2D eigenvalue weighted by Gasteiger charge is 2.60. The van der Waals surface area contributed by atoms with Crippen molar-refractivity contribution in [2.45, 2.75) is 91.2 Å². The number of benzene rings is 1. The minimum atomic E-state index is -0.392. The number of fused-ring (bicyclic) bond motifs is 6. The smallest absolute Gasteiger partial charge is 0.159 e. The van der Waals surface area contributed by atoms with Gasteiger partial charge < -0.3 is 5.11 Å². The Morgan fingerprint density at radius 2 is 1.83 bits per heavy atom. The van der Waals surface area contributed by atoms with Crippen LogP contribution in [-0.4, -0.2) is 32.0 Å². The van der Waals surface area contributed by atoms with Gasteiger partial charge in [0.1, 0.15) is 17.6 Å². The molecule has 0 aliphatic heterocycles. The van der Waals surface area contributed by atoms with Crippen molar-refractivity contribution in [3.05, 3.63) is 24.0 Å². The van der Waals surface area contributed by atoms with Crippen LogP contribution < -0.4 is 0 Å². The number of aromatic nitrogens is 3. The molecule has 0 radical (unpaired) electrons. The van der Waals surface area contributed by atoms with Crippen LogP contribution in [0, 0.1) is 52.2 Å². The molecule has 2 aromatic rings. The number of nitrogens with zero attached hydrogens (tertiary/aromatic N) is 3. The largest absolute Gasteiger partial charge is 0.393 e. The molecule has 5 nitrogen and oxygen atoms in total. The van der Waals surface area contributed by atoms with Gasteiger partial charge in [-0.25, -0.2) is 4.39 Å². The minimum Gasteiger partial charge on any atom is -0.393 e. The molecule has 4 aliphatic rings. The van der Waals surface area contributed by atoms with Gasteiger partial charge in [0.05, 0.1) is 6.10 Å². The van der Waals surface area contributed by atoms with Gasteiger partial charge in [-0.15, -0.1) is 5.10 Å². The topological polar surface area (TPSA) is 68.0 Å². The molecule has 4 fully saturated rings. The van der Waals surface area contributed by atoms with E-state index in [1.165, 1.54) is 30.1 Å². The number of aliphatic hydroxyl groups excluding tert-OH is 1. The third kappa shape index (κ3) is 3.60. The zero-order chi connectivity index (χ0) is 24.5. The Morgan fingerprint density at radius 1 is 1.06 bits per heavy atom. The third-order valence-corrected chi connectivity index (χ3v) is 11.4. The van der Waals surface area contributed by atoms with Crippen LogP contribution in [0.25, 0.3) is 11.0 Å². The lowest BCUT2D eigenvalue weighted by atomic mass is 9.46. The molecule has 6 rings (SSSR count). The summed E-state index contributed by atoms with van der Waals surface area (Å²) in [7, 11) is 0. The van der Waals surface area contributed by atoms with Gasteiger partial charge in [0.15, 0.2) is 11.6 Å². The summed E-state index contributed by atoms with van der Waals surface area (Å²) in [6, 6.07) is 4.75. The van der Waals surface area contributed by atoms with Gasteiger partial charge in [-0.1, -0.05) is 26.8 Å². The molecule has 0 spiro atoms. The van der Waals surface area contributed by atoms with E-state index in [0.29, 0.717) is 34.6 Å². The summed E-state index contributed by atoms with van der Waals surface area (Å²) >= 11 is 0. The van der Waals surface area contributed by atoms with E-state index < -0.39 is 5.82 Å². The Hall–Kier alpha value is -1.82. The number of hydrogen-bond acceptors (Lipinski definition) is 4. The van der Waals surface area contributed by atoms with Crippen LogP contribution in [0.4, 0.5) is 4.39 Å². The van der Waals surface area contributed by atoms with Gasteiger partial charge >= 0.3 is 0 Å². The van der Waals surface area contributed by atoms with Gasteiger partial charge in [-0.3, -0.25) is 4.79 Å². The number of halogens is 1. The predicted molar refractivity (Wildman–Crippen MR) is 133 cm³/mol. The minimum absolute atomic E-state index is 0.0360. The molecule has 0 saturated heterocycles. The second-order valence-electron chi connectivity index (χ2n) is 13.0. The van der Waals surface area contributed by atoms with E-state index >= 15 is 0 Å². The van der Waals surface area contributed by atoms with Gasteiger partial charge in [-0.05, 0) is 110 Å². The molecule has 1 aromatic carbocycles. The molecule has 6 heteroatoms. The normalized spacial score (nSPS) is 43.3. The van der Waals surface area contributed by atoms with Gasteiger partial charge in [-0.2, -0.15) is 9.90 Å². The van der Waals surface area contributed by atoms with Crippen molar-refractivity contribution in [2.24, 2.45) is 46.3 Å². The Labute approximate surface area is 207 Å². The molecule has 0 unspecified atom stereocenters. The van der Waals surface area contributed by atoms with E-state index in [1.807, 2.05) is 0 Å². The molecule has 0 bridgehead atoms. The van der Waals surface area contributed by atoms with Gasteiger partial charge in [0.2, 0.25) is 0 Å². The van der Waals surface area contributed by atoms with Crippen LogP contribution in [0.2, 0.25) is 0 Å². The summed E-state index contributed by atoms with van der Waals surface area (Å²) in [6.45, 7) is 7.28. The Kier molecular flexibility index (Phi) is 5.63. The summed E-state index contributed by atoms with van der Waals surface area (Å²) < 4.78 is 14.1. The molecule has 1 N–H and O–H groups in total. The molecular weight excluding hydrogens is 441 g/mol.